The number of benzene rings is 1. The lowest BCUT2D eigenvalue weighted by Gasteiger charge is -2.43. The third-order valence-corrected chi connectivity index (χ3v) is 9.53. The normalized spacial score (nSPS) is 31.8. The zero-order chi connectivity index (χ0) is 39.5. The summed E-state index contributed by atoms with van der Waals surface area (Å²) >= 11 is 0. The lowest BCUT2D eigenvalue weighted by molar-refractivity contribution is -0.183. The molecule has 4 rings (SSSR count). The predicted octanol–water partition coefficient (Wildman–Crippen LogP) is 3.49. The molecule has 2 aromatic rings. The Morgan fingerprint density at radius 1 is 0.830 bits per heavy atom. The largest absolute Gasteiger partial charge is 0.458 e. The number of nitrogens with zero attached hydrogens (tertiary/aromatic N) is 1. The minimum absolute atomic E-state index is 0.0453. The van der Waals surface area contributed by atoms with E-state index in [2.05, 4.69) is 11.6 Å². The lowest BCUT2D eigenvalue weighted by atomic mass is 9.72. The lowest BCUT2D eigenvalue weighted by Crippen LogP contribution is -2.58. The second kappa shape index (κ2) is 15.8. The van der Waals surface area contributed by atoms with Crippen LogP contribution in [0.1, 0.15) is 75.6 Å². The number of carbonyl (C=O) groups excluding carboxylic acids is 6. The third-order valence-electron chi connectivity index (χ3n) is 9.53. The molecule has 1 aromatic heterocycles. The van der Waals surface area contributed by atoms with Gasteiger partial charge in [0.2, 0.25) is 0 Å². The zero-order valence-electron chi connectivity index (χ0n) is 30.6. The molecule has 0 aliphatic heterocycles. The van der Waals surface area contributed by atoms with E-state index in [1.807, 2.05) is 0 Å². The molecule has 2 N–H and O–H groups in total. The predicted molar refractivity (Wildman–Crippen MR) is 186 cm³/mol. The van der Waals surface area contributed by atoms with Crippen LogP contribution in [0.25, 0.3) is 0 Å². The first-order valence-electron chi connectivity index (χ1n) is 17.0. The van der Waals surface area contributed by atoms with Gasteiger partial charge in [0.1, 0.15) is 23.4 Å². The highest BCUT2D eigenvalue weighted by atomic mass is 16.6. The van der Waals surface area contributed by atoms with Gasteiger partial charge in [-0.2, -0.15) is 0 Å². The van der Waals surface area contributed by atoms with Gasteiger partial charge in [-0.1, -0.05) is 57.7 Å². The molecule has 1 saturated carbocycles. The van der Waals surface area contributed by atoms with Gasteiger partial charge in [0.25, 0.3) is 0 Å². The molecule has 0 amide bonds. The average Bonchev–Trinajstić information content (AvgIpc) is 3.29. The number of allylic oxidation sites excluding steroid dienone is 1. The Morgan fingerprint density at radius 2 is 1.42 bits per heavy atom. The number of aliphatic hydroxyl groups excluding tert-OH is 1. The smallest absolute Gasteiger partial charge is 0.340 e. The van der Waals surface area contributed by atoms with Crippen molar-refractivity contribution in [3.63, 3.8) is 0 Å². The third kappa shape index (κ3) is 8.71. The van der Waals surface area contributed by atoms with Crippen LogP contribution in [0.5, 0.6) is 0 Å². The van der Waals surface area contributed by atoms with E-state index in [0.717, 1.165) is 20.8 Å². The van der Waals surface area contributed by atoms with Crippen molar-refractivity contribution in [3.05, 3.63) is 90.3 Å². The number of aromatic nitrogens is 1. The Balaban J connectivity index is 2.08. The summed E-state index contributed by atoms with van der Waals surface area (Å²) in [6, 6.07) is 10.5. The molecule has 0 spiro atoms. The van der Waals surface area contributed by atoms with Crippen molar-refractivity contribution in [2.24, 2.45) is 17.3 Å². The highest BCUT2D eigenvalue weighted by Gasteiger charge is 2.68. The Morgan fingerprint density at radius 3 is 1.98 bits per heavy atom. The minimum Gasteiger partial charge on any atom is -0.458 e. The molecule has 2 aliphatic rings. The van der Waals surface area contributed by atoms with Gasteiger partial charge in [-0.25, -0.2) is 9.59 Å². The van der Waals surface area contributed by atoms with Crippen molar-refractivity contribution in [1.82, 2.24) is 4.98 Å². The summed E-state index contributed by atoms with van der Waals surface area (Å²) in [5, 5.41) is 24.6. The molecule has 0 radical (unpaired) electrons. The fraction of sp³-hybridized carbons (Fsp3) is 0.462. The van der Waals surface area contributed by atoms with Crippen LogP contribution in [-0.2, 0) is 42.9 Å². The average molecular weight is 736 g/mol. The number of ether oxygens (including phenoxy) is 5. The Hall–Kier alpha value is -5.21. The van der Waals surface area contributed by atoms with E-state index in [4.69, 9.17) is 23.7 Å². The van der Waals surface area contributed by atoms with Crippen LogP contribution in [0.3, 0.4) is 0 Å². The number of hydrogen-bond acceptors (Lipinski definition) is 14. The number of esters is 5. The van der Waals surface area contributed by atoms with Gasteiger partial charge in [0.15, 0.2) is 24.1 Å². The summed E-state index contributed by atoms with van der Waals surface area (Å²) in [6.45, 7) is 13.4. The van der Waals surface area contributed by atoms with Crippen LogP contribution in [0.4, 0.5) is 0 Å². The van der Waals surface area contributed by atoms with Crippen LogP contribution < -0.4 is 0 Å². The highest BCUT2D eigenvalue weighted by molar-refractivity contribution is 5.93. The maximum absolute atomic E-state index is 14.4. The van der Waals surface area contributed by atoms with E-state index in [9.17, 15) is 39.0 Å². The maximum Gasteiger partial charge on any atom is 0.340 e. The van der Waals surface area contributed by atoms with Gasteiger partial charge in [-0.05, 0) is 31.2 Å². The van der Waals surface area contributed by atoms with Crippen LogP contribution >= 0.6 is 0 Å². The number of Topliss-reactive ketones (excluding diaryl/α,β-unsaturated/α-hetero) is 1. The summed E-state index contributed by atoms with van der Waals surface area (Å²) in [6.07, 6.45) is -3.94. The maximum atomic E-state index is 14.4. The number of aliphatic hydroxyl groups is 2. The van der Waals surface area contributed by atoms with Crippen molar-refractivity contribution in [2.75, 3.05) is 0 Å². The molecule has 53 heavy (non-hydrogen) atoms. The first-order valence-corrected chi connectivity index (χ1v) is 17.0. The fourth-order valence-electron chi connectivity index (χ4n) is 7.07. The molecule has 9 atom stereocenters. The van der Waals surface area contributed by atoms with Crippen molar-refractivity contribution in [3.8, 4) is 0 Å². The summed E-state index contributed by atoms with van der Waals surface area (Å²) in [7, 11) is 0. The molecule has 14 nitrogen and oxygen atoms in total. The quantitative estimate of drug-likeness (QED) is 0.238. The first-order chi connectivity index (χ1) is 24.7. The molecule has 0 saturated heterocycles. The van der Waals surface area contributed by atoms with E-state index < -0.39 is 101 Å². The molecule has 1 aromatic carbocycles. The molecule has 14 heteroatoms. The van der Waals surface area contributed by atoms with Crippen LogP contribution in [0, 0.1) is 17.3 Å². The Bertz CT molecular complexity index is 1770. The number of ketones is 1. The standard InChI is InChI=1S/C39H45NO13/c1-21-16-17-37(6,7)34(50-24(4)42)31(49-23(3)41)30(52-35(46)26-13-10-9-11-14-26)22(2)29(51-36(47)27-15-12-18-40-19-27)28-33(45)38(8,53-25(5)43)20-39(28,48)32(21)44/h9-19,21,28-31,33-34,45,48H,2,20H2,1,3-8H3/b17-16+/t21-,28-,29-,30-,31+,33+,34+,38+,39+/m0/s1. The molecule has 1 fully saturated rings. The van der Waals surface area contributed by atoms with Crippen molar-refractivity contribution in [1.29, 1.82) is 0 Å². The molecule has 284 valence electrons. The van der Waals surface area contributed by atoms with Crippen molar-refractivity contribution in [2.45, 2.75) is 96.6 Å². The minimum atomic E-state index is -2.58. The number of hydrogen-bond donors (Lipinski definition) is 2. The summed E-state index contributed by atoms with van der Waals surface area (Å²) < 4.78 is 29.2. The van der Waals surface area contributed by atoms with E-state index in [1.54, 1.807) is 32.0 Å². The number of fused-ring (bicyclic) bond motifs is 1. The van der Waals surface area contributed by atoms with Gasteiger partial charge in [-0.3, -0.25) is 24.2 Å². The van der Waals surface area contributed by atoms with E-state index >= 15 is 0 Å². The van der Waals surface area contributed by atoms with Crippen molar-refractivity contribution < 1.29 is 62.7 Å². The molecular weight excluding hydrogens is 690 g/mol. The first kappa shape index (κ1) is 40.6. The second-order valence-electron chi connectivity index (χ2n) is 14.2. The second-order valence-corrected chi connectivity index (χ2v) is 14.2. The summed E-state index contributed by atoms with van der Waals surface area (Å²) in [5.41, 5.74) is -6.22. The fourth-order valence-corrected chi connectivity index (χ4v) is 7.07. The number of carbonyl (C=O) groups is 6. The van der Waals surface area contributed by atoms with Gasteiger partial charge in [-0.15, -0.1) is 0 Å². The molecule has 2 aliphatic carbocycles. The van der Waals surface area contributed by atoms with Gasteiger partial charge in [0.05, 0.1) is 17.0 Å². The summed E-state index contributed by atoms with van der Waals surface area (Å²) in [4.78, 5) is 83.9. The summed E-state index contributed by atoms with van der Waals surface area (Å²) in [5.74, 6) is -8.34. The Labute approximate surface area is 307 Å². The SMILES string of the molecule is C=C1[C@H](OC(=O)c2ccccc2)[C@@H](OC(C)=O)[C@@H](OC(C)=O)C(C)(C)/C=C/[C@H](C)C(=O)[C@@]2(O)C[C@@](C)(OC(C)=O)[C@H](O)[C@@H]2[C@H]1OC(=O)c1cccnc1. The van der Waals surface area contributed by atoms with Gasteiger partial charge < -0.3 is 33.9 Å². The number of pyridine rings is 1. The van der Waals surface area contributed by atoms with Gasteiger partial charge >= 0.3 is 29.8 Å². The Kier molecular flexibility index (Phi) is 12.1. The number of rotatable bonds is 7. The van der Waals surface area contributed by atoms with Crippen LogP contribution in [0.15, 0.2) is 79.2 Å². The molecule has 1 heterocycles. The van der Waals surface area contributed by atoms with Crippen LogP contribution in [0.2, 0.25) is 0 Å². The zero-order valence-corrected chi connectivity index (χ0v) is 30.6. The van der Waals surface area contributed by atoms with Crippen molar-refractivity contribution >= 4 is 35.6 Å². The van der Waals surface area contributed by atoms with E-state index in [1.165, 1.54) is 62.7 Å². The molecule has 0 bridgehead atoms. The molecular formula is C39H45NO13. The van der Waals surface area contributed by atoms with Gasteiger partial charge in [0, 0.05) is 56.5 Å². The molecule has 0 unspecified atom stereocenters. The highest BCUT2D eigenvalue weighted by Crippen LogP contribution is 2.51. The topological polar surface area (TPSA) is 202 Å². The monoisotopic (exact) mass is 735 g/mol. The van der Waals surface area contributed by atoms with E-state index in [-0.39, 0.29) is 16.7 Å². The van der Waals surface area contributed by atoms with Crippen LogP contribution in [-0.4, -0.2) is 92.5 Å². The van der Waals surface area contributed by atoms with E-state index in [0.29, 0.717) is 0 Å².